The largest absolute Gasteiger partial charge is 0.386 e. The topological polar surface area (TPSA) is 41.9 Å². The summed E-state index contributed by atoms with van der Waals surface area (Å²) in [7, 11) is 1.71. The zero-order valence-corrected chi connectivity index (χ0v) is 8.88. The van der Waals surface area contributed by atoms with E-state index < -0.39 is 0 Å². The van der Waals surface area contributed by atoms with E-state index >= 15 is 0 Å². The first-order valence-electron chi connectivity index (χ1n) is 4.67. The Morgan fingerprint density at radius 2 is 2.13 bits per heavy atom. The van der Waals surface area contributed by atoms with Crippen molar-refractivity contribution in [3.05, 3.63) is 30.3 Å². The van der Waals surface area contributed by atoms with Gasteiger partial charge in [-0.25, -0.2) is 0 Å². The lowest BCUT2D eigenvalue weighted by Gasteiger charge is -2.15. The molecule has 0 aliphatic carbocycles. The number of oxime groups is 1. The minimum atomic E-state index is -0.133. The summed E-state index contributed by atoms with van der Waals surface area (Å²) in [5, 5.41) is 3.52. The normalized spacial score (nSPS) is 10.3. The Morgan fingerprint density at radius 3 is 2.73 bits per heavy atom. The third-order valence-corrected chi connectivity index (χ3v) is 1.89. The molecular weight excluding hydrogens is 192 g/mol. The molecule has 0 saturated carbocycles. The third kappa shape index (κ3) is 3.42. The summed E-state index contributed by atoms with van der Waals surface area (Å²) < 4.78 is 0. The highest BCUT2D eigenvalue weighted by Crippen LogP contribution is 2.10. The SMILES string of the molecule is C/C=N\OCC(=O)N(C)c1ccccc1. The molecule has 0 spiro atoms. The monoisotopic (exact) mass is 206 g/mol. The molecule has 0 unspecified atom stereocenters. The van der Waals surface area contributed by atoms with Crippen LogP contribution in [0.15, 0.2) is 35.5 Å². The second-order valence-corrected chi connectivity index (χ2v) is 2.93. The van der Waals surface area contributed by atoms with Crippen LogP contribution in [0, 0.1) is 0 Å². The average molecular weight is 206 g/mol. The second-order valence-electron chi connectivity index (χ2n) is 2.93. The number of benzene rings is 1. The molecule has 0 saturated heterocycles. The van der Waals surface area contributed by atoms with Gasteiger partial charge in [-0.05, 0) is 19.1 Å². The van der Waals surface area contributed by atoms with Gasteiger partial charge in [-0.15, -0.1) is 0 Å². The number of likely N-dealkylation sites (N-methyl/N-ethyl adjacent to an activating group) is 1. The van der Waals surface area contributed by atoms with E-state index in [1.54, 1.807) is 14.0 Å². The van der Waals surface area contributed by atoms with E-state index in [4.69, 9.17) is 4.84 Å². The lowest BCUT2D eigenvalue weighted by Crippen LogP contribution is -2.29. The van der Waals surface area contributed by atoms with Crippen molar-refractivity contribution >= 4 is 17.8 Å². The van der Waals surface area contributed by atoms with Crippen LogP contribution in [0.5, 0.6) is 0 Å². The number of carbonyl (C=O) groups is 1. The standard InChI is InChI=1S/C11H14N2O2/c1-3-12-15-9-11(14)13(2)10-7-5-4-6-8-10/h3-8H,9H2,1-2H3/b12-3-. The number of anilines is 1. The van der Waals surface area contributed by atoms with Crippen molar-refractivity contribution in [1.82, 2.24) is 0 Å². The van der Waals surface area contributed by atoms with Crippen molar-refractivity contribution in [2.24, 2.45) is 5.16 Å². The smallest absolute Gasteiger partial charge is 0.267 e. The fourth-order valence-electron chi connectivity index (χ4n) is 1.06. The van der Waals surface area contributed by atoms with Crippen molar-refractivity contribution in [1.29, 1.82) is 0 Å². The van der Waals surface area contributed by atoms with Gasteiger partial charge >= 0.3 is 0 Å². The van der Waals surface area contributed by atoms with Crippen LogP contribution in [0.25, 0.3) is 0 Å². The summed E-state index contributed by atoms with van der Waals surface area (Å²) in [4.78, 5) is 17.8. The van der Waals surface area contributed by atoms with Crippen molar-refractivity contribution in [3.8, 4) is 0 Å². The average Bonchev–Trinajstić information content (AvgIpc) is 2.29. The Bertz CT molecular complexity index is 336. The summed E-state index contributed by atoms with van der Waals surface area (Å²) in [5.74, 6) is -0.133. The fraction of sp³-hybridized carbons (Fsp3) is 0.273. The van der Waals surface area contributed by atoms with E-state index in [2.05, 4.69) is 5.16 Å². The Kier molecular flexibility index (Phi) is 4.34. The molecule has 0 atom stereocenters. The second kappa shape index (κ2) is 5.80. The van der Waals surface area contributed by atoms with Gasteiger partial charge in [0, 0.05) is 18.9 Å². The highest BCUT2D eigenvalue weighted by atomic mass is 16.6. The molecule has 0 aliphatic rings. The van der Waals surface area contributed by atoms with Crippen LogP contribution in [0.4, 0.5) is 5.69 Å². The van der Waals surface area contributed by atoms with E-state index in [1.807, 2.05) is 30.3 Å². The zero-order valence-electron chi connectivity index (χ0n) is 8.88. The Balaban J connectivity index is 2.53. The van der Waals surface area contributed by atoms with E-state index in [1.165, 1.54) is 11.1 Å². The molecule has 1 aromatic carbocycles. The number of amides is 1. The van der Waals surface area contributed by atoms with Gasteiger partial charge in [0.2, 0.25) is 0 Å². The van der Waals surface area contributed by atoms with Gasteiger partial charge in [-0.2, -0.15) is 0 Å². The quantitative estimate of drug-likeness (QED) is 0.555. The van der Waals surface area contributed by atoms with Crippen LogP contribution in [-0.2, 0) is 9.63 Å². The number of nitrogens with zero attached hydrogens (tertiary/aromatic N) is 2. The predicted octanol–water partition coefficient (Wildman–Crippen LogP) is 1.67. The molecule has 80 valence electrons. The van der Waals surface area contributed by atoms with Crippen LogP contribution >= 0.6 is 0 Å². The summed E-state index contributed by atoms with van der Waals surface area (Å²) in [5.41, 5.74) is 0.839. The minimum absolute atomic E-state index is 0.0459. The Morgan fingerprint density at radius 1 is 1.47 bits per heavy atom. The number of para-hydroxylation sites is 1. The van der Waals surface area contributed by atoms with Gasteiger partial charge in [-0.3, -0.25) is 4.79 Å². The highest BCUT2D eigenvalue weighted by molar-refractivity contribution is 5.93. The van der Waals surface area contributed by atoms with Crippen LogP contribution in [-0.4, -0.2) is 25.8 Å². The molecule has 0 aliphatic heterocycles. The molecule has 1 amide bonds. The van der Waals surface area contributed by atoms with Crippen LogP contribution < -0.4 is 4.90 Å². The number of hydrogen-bond acceptors (Lipinski definition) is 3. The molecule has 0 fully saturated rings. The van der Waals surface area contributed by atoms with Gasteiger partial charge in [0.05, 0.1) is 0 Å². The summed E-state index contributed by atoms with van der Waals surface area (Å²) in [6, 6.07) is 9.38. The molecule has 0 heterocycles. The number of rotatable bonds is 4. The first kappa shape index (κ1) is 11.2. The maximum absolute atomic E-state index is 11.5. The predicted molar refractivity (Wildman–Crippen MR) is 60.0 cm³/mol. The van der Waals surface area contributed by atoms with E-state index in [0.29, 0.717) is 0 Å². The van der Waals surface area contributed by atoms with Crippen molar-refractivity contribution in [2.45, 2.75) is 6.92 Å². The van der Waals surface area contributed by atoms with Gasteiger partial charge in [0.1, 0.15) is 0 Å². The van der Waals surface area contributed by atoms with Crippen LogP contribution in [0.1, 0.15) is 6.92 Å². The molecular formula is C11H14N2O2. The lowest BCUT2D eigenvalue weighted by atomic mass is 10.3. The molecule has 0 aromatic heterocycles. The molecule has 1 aromatic rings. The van der Waals surface area contributed by atoms with E-state index in [-0.39, 0.29) is 12.5 Å². The van der Waals surface area contributed by atoms with E-state index in [9.17, 15) is 4.79 Å². The first-order chi connectivity index (χ1) is 7.25. The zero-order chi connectivity index (χ0) is 11.1. The molecule has 15 heavy (non-hydrogen) atoms. The van der Waals surface area contributed by atoms with Crippen molar-refractivity contribution in [2.75, 3.05) is 18.6 Å². The molecule has 0 radical (unpaired) electrons. The Hall–Kier alpha value is -1.84. The molecule has 0 N–H and O–H groups in total. The Labute approximate surface area is 89.1 Å². The summed E-state index contributed by atoms with van der Waals surface area (Å²) >= 11 is 0. The maximum atomic E-state index is 11.5. The summed E-state index contributed by atoms with van der Waals surface area (Å²) in [6.07, 6.45) is 1.50. The van der Waals surface area contributed by atoms with Crippen LogP contribution in [0.2, 0.25) is 0 Å². The van der Waals surface area contributed by atoms with Gasteiger partial charge in [0.15, 0.2) is 6.61 Å². The van der Waals surface area contributed by atoms with Crippen molar-refractivity contribution < 1.29 is 9.63 Å². The fourth-order valence-corrected chi connectivity index (χ4v) is 1.06. The first-order valence-corrected chi connectivity index (χ1v) is 4.67. The molecule has 4 heteroatoms. The highest BCUT2D eigenvalue weighted by Gasteiger charge is 2.10. The molecule has 0 bridgehead atoms. The molecule has 4 nitrogen and oxygen atoms in total. The van der Waals surface area contributed by atoms with Crippen LogP contribution in [0.3, 0.4) is 0 Å². The number of carbonyl (C=O) groups excluding carboxylic acids is 1. The van der Waals surface area contributed by atoms with Gasteiger partial charge in [0.25, 0.3) is 5.91 Å². The van der Waals surface area contributed by atoms with Crippen molar-refractivity contribution in [3.63, 3.8) is 0 Å². The minimum Gasteiger partial charge on any atom is -0.386 e. The lowest BCUT2D eigenvalue weighted by molar-refractivity contribution is -0.122. The van der Waals surface area contributed by atoms with Gasteiger partial charge < -0.3 is 9.74 Å². The maximum Gasteiger partial charge on any atom is 0.267 e. The summed E-state index contributed by atoms with van der Waals surface area (Å²) in [6.45, 7) is 1.68. The molecule has 1 rings (SSSR count). The van der Waals surface area contributed by atoms with E-state index in [0.717, 1.165) is 5.69 Å². The third-order valence-electron chi connectivity index (χ3n) is 1.89. The van der Waals surface area contributed by atoms with Gasteiger partial charge in [-0.1, -0.05) is 23.4 Å². The number of hydrogen-bond donors (Lipinski definition) is 0.